The summed E-state index contributed by atoms with van der Waals surface area (Å²) in [7, 11) is 0. The van der Waals surface area contributed by atoms with Gasteiger partial charge in [0, 0.05) is 31.4 Å². The molecule has 182 valence electrons. The van der Waals surface area contributed by atoms with Crippen LogP contribution >= 0.6 is 0 Å². The molecular weight excluding hydrogens is 435 g/mol. The molecule has 3 aliphatic rings. The predicted molar refractivity (Wildman–Crippen MR) is 118 cm³/mol. The summed E-state index contributed by atoms with van der Waals surface area (Å²) < 4.78 is 44.9. The number of piperazine rings is 1. The lowest BCUT2D eigenvalue weighted by molar-refractivity contribution is -0.138. The number of halogens is 3. The summed E-state index contributed by atoms with van der Waals surface area (Å²) in [5.74, 6) is 0.140. The molecule has 0 radical (unpaired) electrons. The van der Waals surface area contributed by atoms with Gasteiger partial charge in [0.1, 0.15) is 5.60 Å². The maximum atomic E-state index is 13.5. The normalized spacial score (nSPS) is 30.0. The third-order valence-electron chi connectivity index (χ3n) is 7.36. The van der Waals surface area contributed by atoms with Gasteiger partial charge in [-0.05, 0) is 64.2 Å². The van der Waals surface area contributed by atoms with Crippen LogP contribution in [0.4, 0.5) is 23.7 Å². The number of nitrogens with one attached hydrogen (secondary N) is 1. The van der Waals surface area contributed by atoms with Gasteiger partial charge in [-0.15, -0.1) is 0 Å². The van der Waals surface area contributed by atoms with Crippen LogP contribution in [-0.4, -0.2) is 54.2 Å². The van der Waals surface area contributed by atoms with Gasteiger partial charge in [-0.25, -0.2) is 4.79 Å². The summed E-state index contributed by atoms with van der Waals surface area (Å²) in [4.78, 5) is 29.5. The average molecular weight is 468 g/mol. The Morgan fingerprint density at radius 2 is 1.94 bits per heavy atom. The average Bonchev–Trinajstić information content (AvgIpc) is 3.22. The Kier molecular flexibility index (Phi) is 5.81. The molecule has 1 spiro atoms. The minimum Gasteiger partial charge on any atom is -0.444 e. The van der Waals surface area contributed by atoms with Crippen molar-refractivity contribution in [1.29, 1.82) is 0 Å². The molecule has 2 heterocycles. The largest absolute Gasteiger partial charge is 0.444 e. The minimum absolute atomic E-state index is 0.0315. The Balaban J connectivity index is 1.46. The SMILES string of the molecule is CC1C2CN(c3cccc(C(F)(F)F)c3)CCN2C(=O)[C@]12CC[C@@H](NC(=O)OC(C)(C)C)C2. The molecule has 33 heavy (non-hydrogen) atoms. The van der Waals surface area contributed by atoms with Crippen molar-refractivity contribution in [3.63, 3.8) is 0 Å². The fraction of sp³-hybridized carbons (Fsp3) is 0.667. The van der Waals surface area contributed by atoms with Crippen molar-refractivity contribution >= 4 is 17.7 Å². The highest BCUT2D eigenvalue weighted by Crippen LogP contribution is 2.53. The molecule has 2 unspecified atom stereocenters. The second-order valence-corrected chi connectivity index (χ2v) is 10.6. The minimum atomic E-state index is -4.39. The second kappa shape index (κ2) is 8.09. The van der Waals surface area contributed by atoms with Gasteiger partial charge in [-0.3, -0.25) is 4.79 Å². The Morgan fingerprint density at radius 3 is 2.61 bits per heavy atom. The summed E-state index contributed by atoms with van der Waals surface area (Å²) in [6.07, 6.45) is -2.92. The van der Waals surface area contributed by atoms with Crippen LogP contribution in [0.5, 0.6) is 0 Å². The first kappa shape index (κ1) is 23.7. The van der Waals surface area contributed by atoms with Gasteiger partial charge in [0.05, 0.1) is 17.0 Å². The number of benzene rings is 1. The van der Waals surface area contributed by atoms with E-state index in [-0.39, 0.29) is 23.9 Å². The van der Waals surface area contributed by atoms with Gasteiger partial charge in [0.2, 0.25) is 5.91 Å². The van der Waals surface area contributed by atoms with E-state index in [1.54, 1.807) is 26.8 Å². The molecule has 4 atom stereocenters. The highest BCUT2D eigenvalue weighted by atomic mass is 19.4. The summed E-state index contributed by atoms with van der Waals surface area (Å²) in [5.41, 5.74) is -1.28. The zero-order valence-corrected chi connectivity index (χ0v) is 19.5. The molecule has 2 saturated heterocycles. The molecule has 1 saturated carbocycles. The number of hydrogen-bond acceptors (Lipinski definition) is 4. The lowest BCUT2D eigenvalue weighted by Crippen LogP contribution is -2.53. The van der Waals surface area contributed by atoms with Crippen LogP contribution in [0.25, 0.3) is 0 Å². The molecule has 6 nitrogen and oxygen atoms in total. The number of amides is 2. The van der Waals surface area contributed by atoms with Crippen LogP contribution in [0.3, 0.4) is 0 Å². The first-order valence-corrected chi connectivity index (χ1v) is 11.5. The Bertz CT molecular complexity index is 930. The van der Waals surface area contributed by atoms with E-state index in [0.29, 0.717) is 44.6 Å². The van der Waals surface area contributed by atoms with E-state index in [0.717, 1.165) is 6.07 Å². The second-order valence-electron chi connectivity index (χ2n) is 10.6. The van der Waals surface area contributed by atoms with Crippen molar-refractivity contribution < 1.29 is 27.5 Å². The van der Waals surface area contributed by atoms with E-state index in [9.17, 15) is 22.8 Å². The number of anilines is 1. The molecule has 1 aromatic rings. The van der Waals surface area contributed by atoms with E-state index >= 15 is 0 Å². The number of alkyl carbamates (subject to hydrolysis) is 1. The smallest absolute Gasteiger partial charge is 0.416 e. The van der Waals surface area contributed by atoms with Crippen LogP contribution in [-0.2, 0) is 15.7 Å². The van der Waals surface area contributed by atoms with Gasteiger partial charge in [-0.2, -0.15) is 13.2 Å². The van der Waals surface area contributed by atoms with Crippen LogP contribution in [0.2, 0.25) is 0 Å². The van der Waals surface area contributed by atoms with Crippen molar-refractivity contribution in [3.8, 4) is 0 Å². The topological polar surface area (TPSA) is 61.9 Å². The maximum Gasteiger partial charge on any atom is 0.416 e. The first-order chi connectivity index (χ1) is 15.3. The number of nitrogens with zero attached hydrogens (tertiary/aromatic N) is 2. The zero-order chi connectivity index (χ0) is 24.2. The van der Waals surface area contributed by atoms with Crippen molar-refractivity contribution in [2.45, 2.75) is 70.8 Å². The van der Waals surface area contributed by atoms with E-state index in [1.807, 2.05) is 9.80 Å². The lowest BCUT2D eigenvalue weighted by atomic mass is 9.74. The molecule has 1 N–H and O–H groups in total. The number of hydrogen-bond donors (Lipinski definition) is 1. The molecule has 0 aromatic heterocycles. The molecule has 4 rings (SSSR count). The van der Waals surface area contributed by atoms with E-state index < -0.39 is 28.8 Å². The van der Waals surface area contributed by atoms with Gasteiger partial charge < -0.3 is 19.9 Å². The van der Waals surface area contributed by atoms with Gasteiger partial charge >= 0.3 is 12.3 Å². The third-order valence-corrected chi connectivity index (χ3v) is 7.36. The summed E-state index contributed by atoms with van der Waals surface area (Å²) in [6, 6.07) is 5.18. The summed E-state index contributed by atoms with van der Waals surface area (Å²) in [6.45, 7) is 8.95. The predicted octanol–water partition coefficient (Wildman–Crippen LogP) is 4.44. The fourth-order valence-corrected chi connectivity index (χ4v) is 5.73. The van der Waals surface area contributed by atoms with Gasteiger partial charge in [0.25, 0.3) is 0 Å². The van der Waals surface area contributed by atoms with Crippen LogP contribution in [0.1, 0.15) is 52.5 Å². The van der Waals surface area contributed by atoms with Crippen molar-refractivity contribution in [1.82, 2.24) is 10.2 Å². The lowest BCUT2D eigenvalue weighted by Gasteiger charge is -2.40. The molecule has 2 amide bonds. The molecule has 1 aliphatic carbocycles. The van der Waals surface area contributed by atoms with Gasteiger partial charge in [-0.1, -0.05) is 13.0 Å². The van der Waals surface area contributed by atoms with E-state index in [4.69, 9.17) is 4.74 Å². The summed E-state index contributed by atoms with van der Waals surface area (Å²) >= 11 is 0. The third kappa shape index (κ3) is 4.51. The van der Waals surface area contributed by atoms with Crippen LogP contribution in [0, 0.1) is 11.3 Å². The van der Waals surface area contributed by atoms with Crippen LogP contribution in [0.15, 0.2) is 24.3 Å². The van der Waals surface area contributed by atoms with E-state index in [2.05, 4.69) is 12.2 Å². The molecule has 0 bridgehead atoms. The van der Waals surface area contributed by atoms with Crippen molar-refractivity contribution in [2.24, 2.45) is 11.3 Å². The number of fused-ring (bicyclic) bond motifs is 1. The Hall–Kier alpha value is -2.45. The van der Waals surface area contributed by atoms with Gasteiger partial charge in [0.15, 0.2) is 0 Å². The number of rotatable bonds is 2. The molecule has 9 heteroatoms. The Morgan fingerprint density at radius 1 is 1.21 bits per heavy atom. The first-order valence-electron chi connectivity index (χ1n) is 11.5. The number of carbonyl (C=O) groups is 2. The zero-order valence-electron chi connectivity index (χ0n) is 19.5. The number of ether oxygens (including phenoxy) is 1. The monoisotopic (exact) mass is 467 g/mol. The van der Waals surface area contributed by atoms with E-state index in [1.165, 1.54) is 12.1 Å². The van der Waals surface area contributed by atoms with Crippen molar-refractivity contribution in [2.75, 3.05) is 24.5 Å². The van der Waals surface area contributed by atoms with Crippen LogP contribution < -0.4 is 10.2 Å². The molecule has 1 aromatic carbocycles. The molecule has 2 aliphatic heterocycles. The standard InChI is InChI=1S/C24H32F3N3O3/c1-15-19-14-29(18-7-5-6-16(12-18)24(25,26)27)10-11-30(19)20(31)23(15)9-8-17(13-23)28-21(32)33-22(2,3)4/h5-7,12,15,17,19H,8-11,13-14H2,1-4H3,(H,28,32)/t15?,17-,19?,23+/m1/s1. The quantitative estimate of drug-likeness (QED) is 0.699. The Labute approximate surface area is 192 Å². The highest BCUT2D eigenvalue weighted by Gasteiger charge is 2.60. The number of alkyl halides is 3. The summed E-state index contributed by atoms with van der Waals surface area (Å²) in [5, 5.41) is 2.92. The highest BCUT2D eigenvalue weighted by molar-refractivity contribution is 5.87. The molecular formula is C24H32F3N3O3. The number of carbonyl (C=O) groups excluding carboxylic acids is 2. The maximum absolute atomic E-state index is 13.5. The fourth-order valence-electron chi connectivity index (χ4n) is 5.73. The van der Waals surface area contributed by atoms with Crippen molar-refractivity contribution in [3.05, 3.63) is 29.8 Å². The molecule has 3 fully saturated rings.